The van der Waals surface area contributed by atoms with Gasteiger partial charge in [-0.3, -0.25) is 4.90 Å². The molecular weight excluding hydrogens is 368 g/mol. The van der Waals surface area contributed by atoms with Gasteiger partial charge in [-0.05, 0) is 86.4 Å². The highest BCUT2D eigenvalue weighted by atomic mass is 32.2. The summed E-state index contributed by atoms with van der Waals surface area (Å²) in [6.07, 6.45) is 6.52. The van der Waals surface area contributed by atoms with E-state index in [1.165, 1.54) is 23.1 Å². The molecule has 4 rings (SSSR count). The van der Waals surface area contributed by atoms with Gasteiger partial charge in [0.1, 0.15) is 0 Å². The molecule has 0 atom stereocenters. The molecule has 2 aromatic rings. The van der Waals surface area contributed by atoms with Crippen molar-refractivity contribution in [3.63, 3.8) is 0 Å². The number of rotatable bonds is 6. The maximum atomic E-state index is 12.7. The molecule has 0 unspecified atom stereocenters. The van der Waals surface area contributed by atoms with Crippen LogP contribution in [0.2, 0.25) is 0 Å². The Morgan fingerprint density at radius 2 is 1.64 bits per heavy atom. The first-order valence-corrected chi connectivity index (χ1v) is 12.0. The third kappa shape index (κ3) is 4.83. The van der Waals surface area contributed by atoms with Crippen LogP contribution in [0.25, 0.3) is 0 Å². The van der Waals surface area contributed by atoms with Crippen LogP contribution in [-0.4, -0.2) is 33.0 Å². The van der Waals surface area contributed by atoms with E-state index in [-0.39, 0.29) is 0 Å². The van der Waals surface area contributed by atoms with Crippen LogP contribution in [0.1, 0.15) is 42.4 Å². The largest absolute Gasteiger partial charge is 0.299 e. The van der Waals surface area contributed by atoms with E-state index in [4.69, 9.17) is 0 Å². The van der Waals surface area contributed by atoms with Crippen LogP contribution in [0.3, 0.4) is 0 Å². The zero-order valence-electron chi connectivity index (χ0n) is 16.4. The van der Waals surface area contributed by atoms with Crippen LogP contribution in [0.5, 0.6) is 0 Å². The van der Waals surface area contributed by atoms with E-state index >= 15 is 0 Å². The van der Waals surface area contributed by atoms with E-state index in [1.54, 1.807) is 6.07 Å². The van der Waals surface area contributed by atoms with Crippen molar-refractivity contribution in [2.45, 2.75) is 50.0 Å². The Balaban J connectivity index is 1.29. The highest BCUT2D eigenvalue weighted by molar-refractivity contribution is 7.89. The summed E-state index contributed by atoms with van der Waals surface area (Å²) < 4.78 is 28.4. The third-order valence-corrected chi connectivity index (χ3v) is 7.57. The molecule has 150 valence electrons. The number of benzene rings is 2. The minimum atomic E-state index is -3.42. The third-order valence-electron chi connectivity index (χ3n) is 6.15. The maximum Gasteiger partial charge on any atom is 0.240 e. The molecule has 28 heavy (non-hydrogen) atoms. The minimum Gasteiger partial charge on any atom is -0.299 e. The molecular formula is C23H30N2O2S. The Kier molecular flexibility index (Phi) is 6.14. The molecule has 0 aromatic heterocycles. The molecule has 1 heterocycles. The molecule has 1 N–H and O–H groups in total. The van der Waals surface area contributed by atoms with Crippen molar-refractivity contribution < 1.29 is 8.42 Å². The van der Waals surface area contributed by atoms with Gasteiger partial charge in [-0.1, -0.05) is 36.4 Å². The molecule has 0 bridgehead atoms. The second-order valence-electron chi connectivity index (χ2n) is 8.19. The smallest absolute Gasteiger partial charge is 0.240 e. The predicted octanol–water partition coefficient (Wildman–Crippen LogP) is 3.76. The van der Waals surface area contributed by atoms with Crippen molar-refractivity contribution >= 4 is 10.0 Å². The lowest BCUT2D eigenvalue weighted by molar-refractivity contribution is 0.178. The molecule has 4 nitrogen and oxygen atoms in total. The topological polar surface area (TPSA) is 49.4 Å². The molecule has 2 aliphatic rings. The standard InChI is InChI=1S/C23H30N2O2S/c26-28(27,23-11-10-21-8-4-5-9-22(21)16-23)24-17-19-12-14-25(15-13-19)18-20-6-2-1-3-7-20/h1-3,6-7,10-11,16,19,24H,4-5,8-9,12-15,17-18H2. The summed E-state index contributed by atoms with van der Waals surface area (Å²) in [5, 5.41) is 0. The lowest BCUT2D eigenvalue weighted by Gasteiger charge is -2.32. The zero-order chi connectivity index (χ0) is 19.4. The van der Waals surface area contributed by atoms with E-state index < -0.39 is 10.0 Å². The number of hydrogen-bond donors (Lipinski definition) is 1. The number of hydrogen-bond acceptors (Lipinski definition) is 3. The summed E-state index contributed by atoms with van der Waals surface area (Å²) in [7, 11) is -3.42. The average Bonchev–Trinajstić information content (AvgIpc) is 2.74. The van der Waals surface area contributed by atoms with Crippen LogP contribution < -0.4 is 4.72 Å². The second-order valence-corrected chi connectivity index (χ2v) is 9.96. The second kappa shape index (κ2) is 8.76. The molecule has 0 saturated carbocycles. The van der Waals surface area contributed by atoms with Gasteiger partial charge in [0.05, 0.1) is 4.90 Å². The fourth-order valence-corrected chi connectivity index (χ4v) is 5.54. The lowest BCUT2D eigenvalue weighted by atomic mass is 9.92. The lowest BCUT2D eigenvalue weighted by Crippen LogP contribution is -2.38. The molecule has 2 aromatic carbocycles. The van der Waals surface area contributed by atoms with E-state index in [9.17, 15) is 8.42 Å². The molecule has 0 amide bonds. The van der Waals surface area contributed by atoms with Crippen LogP contribution in [-0.2, 0) is 29.4 Å². The van der Waals surface area contributed by atoms with Crippen molar-refractivity contribution in [3.05, 3.63) is 65.2 Å². The molecule has 1 saturated heterocycles. The Labute approximate surface area is 169 Å². The minimum absolute atomic E-state index is 0.416. The van der Waals surface area contributed by atoms with Gasteiger partial charge in [-0.2, -0.15) is 0 Å². The number of aryl methyl sites for hydroxylation is 2. The van der Waals surface area contributed by atoms with Gasteiger partial charge >= 0.3 is 0 Å². The molecule has 1 aliphatic heterocycles. The van der Waals surface area contributed by atoms with Gasteiger partial charge in [0.15, 0.2) is 0 Å². The maximum absolute atomic E-state index is 12.7. The summed E-state index contributed by atoms with van der Waals surface area (Å²) in [6, 6.07) is 16.2. The Hall–Kier alpha value is -1.69. The quantitative estimate of drug-likeness (QED) is 0.806. The monoisotopic (exact) mass is 398 g/mol. The van der Waals surface area contributed by atoms with Crippen molar-refractivity contribution in [3.8, 4) is 0 Å². The highest BCUT2D eigenvalue weighted by Crippen LogP contribution is 2.24. The Morgan fingerprint density at radius 3 is 2.39 bits per heavy atom. The predicted molar refractivity (Wildman–Crippen MR) is 113 cm³/mol. The molecule has 1 fully saturated rings. The summed E-state index contributed by atoms with van der Waals surface area (Å²) in [5.41, 5.74) is 3.87. The van der Waals surface area contributed by atoms with Gasteiger partial charge < -0.3 is 0 Å². The fourth-order valence-electron chi connectivity index (χ4n) is 4.38. The molecule has 0 spiro atoms. The summed E-state index contributed by atoms with van der Waals surface area (Å²) in [6.45, 7) is 3.58. The number of piperidine rings is 1. The summed E-state index contributed by atoms with van der Waals surface area (Å²) >= 11 is 0. The fraction of sp³-hybridized carbons (Fsp3) is 0.478. The Morgan fingerprint density at radius 1 is 0.929 bits per heavy atom. The van der Waals surface area contributed by atoms with Gasteiger partial charge in [0, 0.05) is 13.1 Å². The average molecular weight is 399 g/mol. The number of likely N-dealkylation sites (tertiary alicyclic amines) is 1. The Bertz CT molecular complexity index is 888. The van der Waals surface area contributed by atoms with E-state index in [0.717, 1.165) is 51.7 Å². The number of fused-ring (bicyclic) bond motifs is 1. The van der Waals surface area contributed by atoms with E-state index in [2.05, 4.69) is 33.9 Å². The van der Waals surface area contributed by atoms with Crippen molar-refractivity contribution in [2.24, 2.45) is 5.92 Å². The van der Waals surface area contributed by atoms with Crippen LogP contribution in [0.15, 0.2) is 53.4 Å². The number of nitrogens with zero attached hydrogens (tertiary/aromatic N) is 1. The van der Waals surface area contributed by atoms with Crippen molar-refractivity contribution in [1.82, 2.24) is 9.62 Å². The van der Waals surface area contributed by atoms with E-state index in [1.807, 2.05) is 18.2 Å². The normalized spacial score (nSPS) is 18.7. The first kappa shape index (κ1) is 19.6. The van der Waals surface area contributed by atoms with E-state index in [0.29, 0.717) is 17.4 Å². The first-order valence-electron chi connectivity index (χ1n) is 10.5. The SMILES string of the molecule is O=S(=O)(NCC1CCN(Cc2ccccc2)CC1)c1ccc2c(c1)CCCC2. The van der Waals surface area contributed by atoms with Crippen molar-refractivity contribution in [2.75, 3.05) is 19.6 Å². The number of nitrogens with one attached hydrogen (secondary N) is 1. The molecule has 5 heteroatoms. The first-order chi connectivity index (χ1) is 13.6. The highest BCUT2D eigenvalue weighted by Gasteiger charge is 2.23. The van der Waals surface area contributed by atoms with Crippen LogP contribution in [0, 0.1) is 5.92 Å². The molecule has 1 aliphatic carbocycles. The summed E-state index contributed by atoms with van der Waals surface area (Å²) in [5.74, 6) is 0.416. The van der Waals surface area contributed by atoms with Crippen molar-refractivity contribution in [1.29, 1.82) is 0 Å². The van der Waals surface area contributed by atoms with Crippen LogP contribution in [0.4, 0.5) is 0 Å². The van der Waals surface area contributed by atoms with Gasteiger partial charge in [-0.15, -0.1) is 0 Å². The van der Waals surface area contributed by atoms with Gasteiger partial charge in [-0.25, -0.2) is 13.1 Å². The van der Waals surface area contributed by atoms with Gasteiger partial charge in [0.25, 0.3) is 0 Å². The number of sulfonamides is 1. The summed E-state index contributed by atoms with van der Waals surface area (Å²) in [4.78, 5) is 2.89. The van der Waals surface area contributed by atoms with Gasteiger partial charge in [0.2, 0.25) is 10.0 Å². The molecule has 0 radical (unpaired) electrons. The van der Waals surface area contributed by atoms with Crippen LogP contribution >= 0.6 is 0 Å². The zero-order valence-corrected chi connectivity index (χ0v) is 17.3.